The van der Waals surface area contributed by atoms with Gasteiger partial charge >= 0.3 is 0 Å². The average Bonchev–Trinajstić information content (AvgIpc) is 2.48. The first-order valence-electron chi connectivity index (χ1n) is 6.95. The number of benzene rings is 1. The van der Waals surface area contributed by atoms with E-state index < -0.39 is 11.0 Å². The summed E-state index contributed by atoms with van der Waals surface area (Å²) in [5, 5.41) is 11.0. The highest BCUT2D eigenvalue weighted by Gasteiger charge is 2.40. The van der Waals surface area contributed by atoms with Crippen LogP contribution in [0.25, 0.3) is 0 Å². The Morgan fingerprint density at radius 3 is 2.24 bits per heavy atom. The van der Waals surface area contributed by atoms with E-state index in [2.05, 4.69) is 21.8 Å². The summed E-state index contributed by atoms with van der Waals surface area (Å²) in [6, 6.07) is 9.99. The first-order chi connectivity index (χ1) is 9.93. The predicted octanol–water partition coefficient (Wildman–Crippen LogP) is 2.96. The molecule has 21 heavy (non-hydrogen) atoms. The molecule has 0 bridgehead atoms. The Morgan fingerprint density at radius 2 is 1.67 bits per heavy atom. The third-order valence-corrected chi connectivity index (χ3v) is 3.47. The van der Waals surface area contributed by atoms with Crippen LogP contribution in [0.3, 0.4) is 0 Å². The van der Waals surface area contributed by atoms with Crippen LogP contribution < -0.4 is 0 Å². The summed E-state index contributed by atoms with van der Waals surface area (Å²) in [6.07, 6.45) is 5.29. The lowest BCUT2D eigenvalue weighted by Gasteiger charge is -2.35. The van der Waals surface area contributed by atoms with Gasteiger partial charge in [0.25, 0.3) is 0 Å². The number of aromatic nitrogens is 2. The van der Waals surface area contributed by atoms with E-state index in [9.17, 15) is 5.11 Å². The maximum Gasteiger partial charge on any atom is 0.158 e. The second-order valence-corrected chi connectivity index (χ2v) is 6.05. The smallest absolute Gasteiger partial charge is 0.158 e. The van der Waals surface area contributed by atoms with Gasteiger partial charge in [0, 0.05) is 29.8 Å². The normalized spacial score (nSPS) is 13.9. The van der Waals surface area contributed by atoms with Gasteiger partial charge in [0.05, 0.1) is 0 Å². The minimum Gasteiger partial charge on any atom is -0.373 e. The highest BCUT2D eigenvalue weighted by molar-refractivity contribution is 5.32. The van der Waals surface area contributed by atoms with E-state index in [4.69, 9.17) is 0 Å². The highest BCUT2D eigenvalue weighted by atomic mass is 16.3. The third kappa shape index (κ3) is 3.48. The molecule has 3 nitrogen and oxygen atoms in total. The number of nitrogens with zero attached hydrogens (tertiary/aromatic N) is 2. The van der Waals surface area contributed by atoms with Gasteiger partial charge in [-0.2, -0.15) is 0 Å². The van der Waals surface area contributed by atoms with Crippen LogP contribution in [0.1, 0.15) is 31.9 Å². The summed E-state index contributed by atoms with van der Waals surface area (Å²) in [4.78, 5) is 7.98. The van der Waals surface area contributed by atoms with Gasteiger partial charge in [-0.3, -0.25) is 0 Å². The fourth-order valence-corrected chi connectivity index (χ4v) is 2.05. The Hall–Kier alpha value is -2.18. The molecule has 108 valence electrons. The van der Waals surface area contributed by atoms with E-state index in [1.165, 1.54) is 6.33 Å². The molecule has 2 rings (SSSR count). The van der Waals surface area contributed by atoms with Crippen molar-refractivity contribution in [3.8, 4) is 11.8 Å². The standard InChI is InChI=1S/C18H20N2O/c1-17(2,3)18(21,16-12-19-14-20-13-16)11-7-10-15-8-5-4-6-9-15/h4-6,8-9,12-14,21H,10H2,1-3H3. The predicted molar refractivity (Wildman–Crippen MR) is 83.3 cm³/mol. The SMILES string of the molecule is CC(C)(C)C(O)(C#CCc1ccccc1)c1cncnc1. The Kier molecular flexibility index (Phi) is 4.40. The summed E-state index contributed by atoms with van der Waals surface area (Å²) >= 11 is 0. The van der Waals surface area contributed by atoms with Crippen molar-refractivity contribution >= 4 is 0 Å². The maximum atomic E-state index is 11.0. The minimum absolute atomic E-state index is 0.443. The molecule has 1 heterocycles. The van der Waals surface area contributed by atoms with Crippen LogP contribution in [-0.2, 0) is 12.0 Å². The van der Waals surface area contributed by atoms with Crippen LogP contribution >= 0.6 is 0 Å². The van der Waals surface area contributed by atoms with Crippen LogP contribution in [0, 0.1) is 17.3 Å². The van der Waals surface area contributed by atoms with E-state index in [-0.39, 0.29) is 0 Å². The molecule has 0 aliphatic carbocycles. The lowest BCUT2D eigenvalue weighted by atomic mass is 9.73. The molecule has 0 aliphatic heterocycles. The van der Waals surface area contributed by atoms with Gasteiger partial charge in [-0.1, -0.05) is 62.9 Å². The molecule has 2 aromatic rings. The lowest BCUT2D eigenvalue weighted by molar-refractivity contribution is -0.00966. The van der Waals surface area contributed by atoms with E-state index in [0.717, 1.165) is 5.56 Å². The Bertz CT molecular complexity index is 636. The summed E-state index contributed by atoms with van der Waals surface area (Å²) in [7, 11) is 0. The first-order valence-corrected chi connectivity index (χ1v) is 6.95. The molecule has 0 radical (unpaired) electrons. The van der Waals surface area contributed by atoms with Gasteiger partial charge in [-0.05, 0) is 5.56 Å². The van der Waals surface area contributed by atoms with Gasteiger partial charge in [0.15, 0.2) is 5.60 Å². The first kappa shape index (κ1) is 15.2. The second kappa shape index (κ2) is 6.07. The summed E-state index contributed by atoms with van der Waals surface area (Å²) < 4.78 is 0. The van der Waals surface area contributed by atoms with Gasteiger partial charge < -0.3 is 5.11 Å². The molecule has 0 aliphatic rings. The van der Waals surface area contributed by atoms with Gasteiger partial charge in [0.2, 0.25) is 0 Å². The zero-order valence-electron chi connectivity index (χ0n) is 12.7. The summed E-state index contributed by atoms with van der Waals surface area (Å²) in [5.41, 5.74) is 0.0355. The molecule has 0 amide bonds. The number of aliphatic hydroxyl groups is 1. The largest absolute Gasteiger partial charge is 0.373 e. The summed E-state index contributed by atoms with van der Waals surface area (Å²) in [6.45, 7) is 5.87. The quantitative estimate of drug-likeness (QED) is 0.860. The van der Waals surface area contributed by atoms with Crippen molar-refractivity contribution in [2.24, 2.45) is 5.41 Å². The van der Waals surface area contributed by atoms with E-state index in [1.807, 2.05) is 51.1 Å². The van der Waals surface area contributed by atoms with Crippen molar-refractivity contribution in [1.82, 2.24) is 9.97 Å². The lowest BCUT2D eigenvalue weighted by Crippen LogP contribution is -2.39. The molecule has 3 heteroatoms. The fraction of sp³-hybridized carbons (Fsp3) is 0.333. The second-order valence-electron chi connectivity index (χ2n) is 6.05. The van der Waals surface area contributed by atoms with Crippen LogP contribution in [0.4, 0.5) is 0 Å². The highest BCUT2D eigenvalue weighted by Crippen LogP contribution is 2.38. The van der Waals surface area contributed by atoms with Crippen molar-refractivity contribution in [1.29, 1.82) is 0 Å². The Balaban J connectivity index is 2.31. The number of hydrogen-bond acceptors (Lipinski definition) is 3. The zero-order valence-corrected chi connectivity index (χ0v) is 12.7. The molecule has 0 saturated heterocycles. The van der Waals surface area contributed by atoms with Crippen LogP contribution in [-0.4, -0.2) is 15.1 Å². The van der Waals surface area contributed by atoms with Gasteiger partial charge in [-0.25, -0.2) is 9.97 Å². The topological polar surface area (TPSA) is 46.0 Å². The number of rotatable bonds is 2. The van der Waals surface area contributed by atoms with Gasteiger partial charge in [-0.15, -0.1) is 0 Å². The molecule has 0 fully saturated rings. The average molecular weight is 280 g/mol. The van der Waals surface area contributed by atoms with Crippen molar-refractivity contribution in [2.45, 2.75) is 32.8 Å². The van der Waals surface area contributed by atoms with E-state index >= 15 is 0 Å². The Morgan fingerprint density at radius 1 is 1.05 bits per heavy atom. The molecule has 1 aromatic heterocycles. The summed E-state index contributed by atoms with van der Waals surface area (Å²) in [5.74, 6) is 6.12. The van der Waals surface area contributed by atoms with Crippen LogP contribution in [0.5, 0.6) is 0 Å². The van der Waals surface area contributed by atoms with Crippen molar-refractivity contribution < 1.29 is 5.11 Å². The van der Waals surface area contributed by atoms with Crippen molar-refractivity contribution in [3.63, 3.8) is 0 Å². The molecule has 0 spiro atoms. The molecule has 1 atom stereocenters. The fourth-order valence-electron chi connectivity index (χ4n) is 2.05. The zero-order chi connectivity index (χ0) is 15.3. The molecule has 1 N–H and O–H groups in total. The van der Waals surface area contributed by atoms with Crippen molar-refractivity contribution in [2.75, 3.05) is 0 Å². The van der Waals surface area contributed by atoms with E-state index in [1.54, 1.807) is 12.4 Å². The third-order valence-electron chi connectivity index (χ3n) is 3.47. The monoisotopic (exact) mass is 280 g/mol. The van der Waals surface area contributed by atoms with E-state index in [0.29, 0.717) is 12.0 Å². The Labute approximate surface area is 126 Å². The molecular weight excluding hydrogens is 260 g/mol. The number of hydrogen-bond donors (Lipinski definition) is 1. The van der Waals surface area contributed by atoms with Crippen LogP contribution in [0.2, 0.25) is 0 Å². The van der Waals surface area contributed by atoms with Gasteiger partial charge in [0.1, 0.15) is 6.33 Å². The molecule has 1 unspecified atom stereocenters. The van der Waals surface area contributed by atoms with Crippen molar-refractivity contribution in [3.05, 3.63) is 60.2 Å². The van der Waals surface area contributed by atoms with Crippen LogP contribution in [0.15, 0.2) is 49.1 Å². The minimum atomic E-state index is -1.27. The molecule has 0 saturated carbocycles. The molecule has 1 aromatic carbocycles. The maximum absolute atomic E-state index is 11.0. The molecular formula is C18H20N2O.